The van der Waals surface area contributed by atoms with E-state index in [1.54, 1.807) is 12.3 Å². The summed E-state index contributed by atoms with van der Waals surface area (Å²) < 4.78 is 0. The number of rotatable bonds is 5. The van der Waals surface area contributed by atoms with E-state index in [4.69, 9.17) is 6.57 Å². The van der Waals surface area contributed by atoms with Crippen molar-refractivity contribution in [2.75, 3.05) is 0 Å². The maximum absolute atomic E-state index is 7.49. The van der Waals surface area contributed by atoms with E-state index in [0.717, 1.165) is 22.4 Å². The molecule has 1 aliphatic rings. The molecular formula is C47H30N2. The molecule has 0 saturated heterocycles. The number of nitrogens with zero attached hydrogens (tertiary/aromatic N) is 2. The van der Waals surface area contributed by atoms with Gasteiger partial charge in [-0.25, -0.2) is 4.85 Å². The molecule has 228 valence electrons. The van der Waals surface area contributed by atoms with Gasteiger partial charge in [-0.3, -0.25) is 4.98 Å². The third kappa shape index (κ3) is 4.52. The summed E-state index contributed by atoms with van der Waals surface area (Å²) in [6, 6.07) is 63.2. The highest BCUT2D eigenvalue weighted by molar-refractivity contribution is 6.10. The van der Waals surface area contributed by atoms with Crippen LogP contribution < -0.4 is 0 Å². The van der Waals surface area contributed by atoms with Gasteiger partial charge in [0.1, 0.15) is 0 Å². The van der Waals surface area contributed by atoms with Gasteiger partial charge in [-0.15, -0.1) is 0 Å². The molecule has 1 heterocycles. The van der Waals surface area contributed by atoms with Crippen LogP contribution in [0.3, 0.4) is 0 Å². The summed E-state index contributed by atoms with van der Waals surface area (Å²) in [7, 11) is 0. The van der Waals surface area contributed by atoms with Gasteiger partial charge in [-0.05, 0) is 102 Å². The van der Waals surface area contributed by atoms with Crippen molar-refractivity contribution in [1.29, 1.82) is 0 Å². The van der Waals surface area contributed by atoms with E-state index < -0.39 is 5.41 Å². The molecule has 49 heavy (non-hydrogen) atoms. The number of hydrogen-bond donors (Lipinski definition) is 0. The Morgan fingerprint density at radius 1 is 0.449 bits per heavy atom. The van der Waals surface area contributed by atoms with Crippen LogP contribution in [0.1, 0.15) is 22.3 Å². The first-order valence-corrected chi connectivity index (χ1v) is 16.6. The van der Waals surface area contributed by atoms with Crippen LogP contribution in [0.5, 0.6) is 0 Å². The summed E-state index contributed by atoms with van der Waals surface area (Å²) in [6.45, 7) is 7.49. The van der Waals surface area contributed by atoms with Crippen LogP contribution in [0.2, 0.25) is 0 Å². The van der Waals surface area contributed by atoms with Crippen molar-refractivity contribution in [3.8, 4) is 44.6 Å². The molecule has 1 aliphatic carbocycles. The van der Waals surface area contributed by atoms with Gasteiger partial charge in [-0.1, -0.05) is 146 Å². The Morgan fingerprint density at radius 2 is 1.06 bits per heavy atom. The number of fused-ring (bicyclic) bond motifs is 5. The van der Waals surface area contributed by atoms with Crippen LogP contribution in [-0.4, -0.2) is 4.98 Å². The van der Waals surface area contributed by atoms with Crippen LogP contribution >= 0.6 is 0 Å². The smallest absolute Gasteiger partial charge is 0.190 e. The average molecular weight is 623 g/mol. The summed E-state index contributed by atoms with van der Waals surface area (Å²) in [4.78, 5) is 8.23. The van der Waals surface area contributed by atoms with Gasteiger partial charge in [0.2, 0.25) is 0 Å². The summed E-state index contributed by atoms with van der Waals surface area (Å²) in [5, 5.41) is 2.51. The minimum absolute atomic E-state index is 0.556. The van der Waals surface area contributed by atoms with Crippen molar-refractivity contribution in [3.63, 3.8) is 0 Å². The average Bonchev–Trinajstić information content (AvgIpc) is 3.49. The number of aromatic nitrogens is 1. The lowest BCUT2D eigenvalue weighted by Crippen LogP contribution is -2.28. The molecule has 7 aromatic carbocycles. The lowest BCUT2D eigenvalue weighted by atomic mass is 9.67. The van der Waals surface area contributed by atoms with Crippen molar-refractivity contribution >= 4 is 16.5 Å². The molecule has 2 heteroatoms. The molecule has 0 N–H and O–H groups in total. The van der Waals surface area contributed by atoms with E-state index in [1.807, 2.05) is 6.07 Å². The molecule has 1 aromatic heterocycles. The molecule has 0 fully saturated rings. The third-order valence-corrected chi connectivity index (χ3v) is 10.0. The van der Waals surface area contributed by atoms with Gasteiger partial charge in [0.15, 0.2) is 5.69 Å². The van der Waals surface area contributed by atoms with E-state index in [-0.39, 0.29) is 0 Å². The standard InChI is InChI=1S/C47H30N2/c1-48-38-26-27-49-45(30-38)35-17-13-16-33(28-35)34-24-25-41-43(29-34)47(36-18-7-3-8-19-36,37-20-9-4-10-21-37)44-31-42(32-14-5-2-6-15-32)39-22-11-12-23-40(39)46(41)44/h2-31H. The molecule has 9 rings (SSSR count). The van der Waals surface area contributed by atoms with Crippen molar-refractivity contribution in [3.05, 3.63) is 216 Å². The highest BCUT2D eigenvalue weighted by Gasteiger charge is 2.47. The molecule has 2 nitrogen and oxygen atoms in total. The summed E-state index contributed by atoms with van der Waals surface area (Å²) in [5.41, 5.74) is 14.1. The minimum Gasteiger partial charge on any atom is -0.259 e. The van der Waals surface area contributed by atoms with Crippen LogP contribution in [0, 0.1) is 6.57 Å². The molecular weight excluding hydrogens is 593 g/mol. The quantitative estimate of drug-likeness (QED) is 0.175. The van der Waals surface area contributed by atoms with Gasteiger partial charge in [-0.2, -0.15) is 0 Å². The van der Waals surface area contributed by atoms with E-state index in [0.29, 0.717) is 5.69 Å². The fourth-order valence-corrected chi connectivity index (χ4v) is 7.88. The predicted octanol–water partition coefficient (Wildman–Crippen LogP) is 12.1. The highest BCUT2D eigenvalue weighted by atomic mass is 14.7. The minimum atomic E-state index is -0.556. The van der Waals surface area contributed by atoms with Crippen LogP contribution in [0.15, 0.2) is 182 Å². The number of pyridine rings is 1. The van der Waals surface area contributed by atoms with E-state index in [1.165, 1.54) is 55.3 Å². The van der Waals surface area contributed by atoms with Gasteiger partial charge in [0, 0.05) is 6.20 Å². The molecule has 0 saturated carbocycles. The van der Waals surface area contributed by atoms with E-state index in [9.17, 15) is 0 Å². The number of benzene rings is 7. The van der Waals surface area contributed by atoms with Crippen LogP contribution in [-0.2, 0) is 5.41 Å². The predicted molar refractivity (Wildman–Crippen MR) is 202 cm³/mol. The molecule has 0 radical (unpaired) electrons. The van der Waals surface area contributed by atoms with Crippen LogP contribution in [0.4, 0.5) is 5.69 Å². The topological polar surface area (TPSA) is 17.2 Å². The van der Waals surface area contributed by atoms with Crippen molar-refractivity contribution < 1.29 is 0 Å². The van der Waals surface area contributed by atoms with E-state index in [2.05, 4.69) is 174 Å². The SMILES string of the molecule is [C-]#[N+]c1ccnc(-c2cccc(-c3ccc4c(c3)C(c3ccccc3)(c3ccccc3)c3cc(-c5ccccc5)c5ccccc5c3-4)c2)c1. The Labute approximate surface area is 286 Å². The molecule has 0 spiro atoms. The zero-order valence-corrected chi connectivity index (χ0v) is 26.7. The first-order chi connectivity index (χ1) is 24.3. The Kier molecular flexibility index (Phi) is 6.78. The van der Waals surface area contributed by atoms with Gasteiger partial charge >= 0.3 is 0 Å². The van der Waals surface area contributed by atoms with Gasteiger partial charge in [0.25, 0.3) is 0 Å². The fourth-order valence-electron chi connectivity index (χ4n) is 7.88. The maximum atomic E-state index is 7.49. The Morgan fingerprint density at radius 3 is 1.78 bits per heavy atom. The zero-order chi connectivity index (χ0) is 32.8. The molecule has 0 amide bonds. The number of hydrogen-bond acceptors (Lipinski definition) is 1. The Hall–Kier alpha value is -6.56. The first-order valence-electron chi connectivity index (χ1n) is 16.6. The van der Waals surface area contributed by atoms with Crippen molar-refractivity contribution in [2.45, 2.75) is 5.41 Å². The zero-order valence-electron chi connectivity index (χ0n) is 26.7. The second-order valence-electron chi connectivity index (χ2n) is 12.6. The second-order valence-corrected chi connectivity index (χ2v) is 12.6. The van der Waals surface area contributed by atoms with Gasteiger partial charge in [0.05, 0.1) is 17.7 Å². The molecule has 0 atom stereocenters. The van der Waals surface area contributed by atoms with E-state index >= 15 is 0 Å². The monoisotopic (exact) mass is 622 g/mol. The Balaban J connectivity index is 1.37. The Bertz CT molecular complexity index is 2510. The lowest BCUT2D eigenvalue weighted by Gasteiger charge is -2.34. The second kappa shape index (κ2) is 11.6. The van der Waals surface area contributed by atoms with Crippen molar-refractivity contribution in [1.82, 2.24) is 4.98 Å². The summed E-state index contributed by atoms with van der Waals surface area (Å²) in [6.07, 6.45) is 1.71. The maximum Gasteiger partial charge on any atom is 0.190 e. The third-order valence-electron chi connectivity index (χ3n) is 10.0. The normalized spacial score (nSPS) is 12.6. The van der Waals surface area contributed by atoms with Crippen LogP contribution in [0.25, 0.3) is 60.3 Å². The van der Waals surface area contributed by atoms with Crippen molar-refractivity contribution in [2.24, 2.45) is 0 Å². The summed E-state index contributed by atoms with van der Waals surface area (Å²) >= 11 is 0. The van der Waals surface area contributed by atoms with Gasteiger partial charge < -0.3 is 0 Å². The molecule has 0 unspecified atom stereocenters. The highest BCUT2D eigenvalue weighted by Crippen LogP contribution is 2.59. The fraction of sp³-hybridized carbons (Fsp3) is 0.0213. The molecule has 8 aromatic rings. The summed E-state index contributed by atoms with van der Waals surface area (Å²) in [5.74, 6) is 0. The lowest BCUT2D eigenvalue weighted by molar-refractivity contribution is 0.769. The molecule has 0 aliphatic heterocycles. The first kappa shape index (κ1) is 28.6. The molecule has 0 bridgehead atoms. The largest absolute Gasteiger partial charge is 0.259 e.